The first kappa shape index (κ1) is 14.4. The van der Waals surface area contributed by atoms with Gasteiger partial charge >= 0.3 is 0 Å². The van der Waals surface area contributed by atoms with Crippen LogP contribution in [0, 0.1) is 11.6 Å². The Labute approximate surface area is 104 Å². The molecule has 5 heteroatoms. The molecule has 0 spiro atoms. The molecule has 1 aromatic rings. The number of halogens is 2. The van der Waals surface area contributed by atoms with E-state index in [1.807, 2.05) is 6.26 Å². The fraction of sp³-hybridized carbons (Fsp3) is 0.500. The van der Waals surface area contributed by atoms with Gasteiger partial charge in [0.15, 0.2) is 0 Å². The van der Waals surface area contributed by atoms with Crippen molar-refractivity contribution in [3.05, 3.63) is 35.4 Å². The molecule has 0 bridgehead atoms. The Morgan fingerprint density at radius 1 is 1.41 bits per heavy atom. The molecule has 0 heterocycles. The zero-order valence-corrected chi connectivity index (χ0v) is 10.8. The molecule has 0 aliphatic heterocycles. The van der Waals surface area contributed by atoms with E-state index in [-0.39, 0.29) is 6.54 Å². The van der Waals surface area contributed by atoms with Crippen LogP contribution in [0.2, 0.25) is 0 Å². The van der Waals surface area contributed by atoms with Crippen molar-refractivity contribution in [2.24, 2.45) is 0 Å². The third-order valence-electron chi connectivity index (χ3n) is 2.29. The lowest BCUT2D eigenvalue weighted by molar-refractivity contribution is 0.0845. The summed E-state index contributed by atoms with van der Waals surface area (Å²) in [5.41, 5.74) is -0.429. The van der Waals surface area contributed by atoms with Gasteiger partial charge in [0.2, 0.25) is 0 Å². The van der Waals surface area contributed by atoms with Crippen LogP contribution in [0.25, 0.3) is 0 Å². The van der Waals surface area contributed by atoms with Gasteiger partial charge in [0.25, 0.3) is 0 Å². The maximum absolute atomic E-state index is 13.3. The Balaban J connectivity index is 2.46. The SMILES string of the molecule is CSCC(C)(O)CNCc1ccc(F)cc1F. The lowest BCUT2D eigenvalue weighted by Crippen LogP contribution is -2.39. The molecule has 0 saturated heterocycles. The molecular formula is C12H17F2NOS. The Kier molecular flexibility index (Phi) is 5.36. The summed E-state index contributed by atoms with van der Waals surface area (Å²) in [6, 6.07) is 3.48. The molecular weight excluding hydrogens is 244 g/mol. The van der Waals surface area contributed by atoms with Gasteiger partial charge in [-0.2, -0.15) is 11.8 Å². The summed E-state index contributed by atoms with van der Waals surface area (Å²) in [5.74, 6) is -0.547. The smallest absolute Gasteiger partial charge is 0.130 e. The molecule has 2 nitrogen and oxygen atoms in total. The maximum atomic E-state index is 13.3. The van der Waals surface area contributed by atoms with Gasteiger partial charge in [-0.15, -0.1) is 0 Å². The first-order valence-corrected chi connectivity index (χ1v) is 6.70. The first-order chi connectivity index (χ1) is 7.94. The normalized spacial score (nSPS) is 14.6. The van der Waals surface area contributed by atoms with Crippen molar-refractivity contribution in [3.8, 4) is 0 Å². The number of thioether (sulfide) groups is 1. The molecule has 17 heavy (non-hydrogen) atoms. The topological polar surface area (TPSA) is 32.3 Å². The van der Waals surface area contributed by atoms with Crippen molar-refractivity contribution in [3.63, 3.8) is 0 Å². The molecule has 0 aliphatic carbocycles. The van der Waals surface area contributed by atoms with Crippen LogP contribution in [0.5, 0.6) is 0 Å². The van der Waals surface area contributed by atoms with Gasteiger partial charge in [-0.05, 0) is 19.2 Å². The zero-order chi connectivity index (χ0) is 12.9. The molecule has 2 N–H and O–H groups in total. The van der Waals surface area contributed by atoms with E-state index in [1.165, 1.54) is 12.1 Å². The van der Waals surface area contributed by atoms with E-state index < -0.39 is 17.2 Å². The van der Waals surface area contributed by atoms with Gasteiger partial charge in [-0.3, -0.25) is 0 Å². The van der Waals surface area contributed by atoms with Crippen molar-refractivity contribution in [1.82, 2.24) is 5.32 Å². The third kappa shape index (κ3) is 5.02. The van der Waals surface area contributed by atoms with Crippen LogP contribution in [-0.2, 0) is 6.54 Å². The van der Waals surface area contributed by atoms with Gasteiger partial charge in [0.05, 0.1) is 5.60 Å². The van der Waals surface area contributed by atoms with Gasteiger partial charge in [-0.1, -0.05) is 6.07 Å². The van der Waals surface area contributed by atoms with Crippen LogP contribution < -0.4 is 5.32 Å². The highest BCUT2D eigenvalue weighted by Gasteiger charge is 2.18. The molecule has 0 amide bonds. The number of nitrogens with one attached hydrogen (secondary N) is 1. The highest BCUT2D eigenvalue weighted by molar-refractivity contribution is 7.98. The number of aliphatic hydroxyl groups is 1. The van der Waals surface area contributed by atoms with Crippen molar-refractivity contribution < 1.29 is 13.9 Å². The summed E-state index contributed by atoms with van der Waals surface area (Å²) < 4.78 is 25.9. The predicted octanol–water partition coefficient (Wildman–Crippen LogP) is 2.17. The molecule has 0 saturated carbocycles. The Hall–Kier alpha value is -0.650. The summed E-state index contributed by atoms with van der Waals surface area (Å²) in [5, 5.41) is 12.8. The van der Waals surface area contributed by atoms with Crippen molar-refractivity contribution in [2.45, 2.75) is 19.1 Å². The van der Waals surface area contributed by atoms with Crippen LogP contribution in [-0.4, -0.2) is 29.3 Å². The van der Waals surface area contributed by atoms with Crippen LogP contribution >= 0.6 is 11.8 Å². The molecule has 0 aromatic heterocycles. The Bertz CT molecular complexity index is 372. The second-order valence-corrected chi connectivity index (χ2v) is 5.14. The van der Waals surface area contributed by atoms with Gasteiger partial charge in [0, 0.05) is 30.5 Å². The second kappa shape index (κ2) is 6.33. The second-order valence-electron chi connectivity index (χ2n) is 4.27. The van der Waals surface area contributed by atoms with E-state index >= 15 is 0 Å². The first-order valence-electron chi connectivity index (χ1n) is 5.30. The van der Waals surface area contributed by atoms with Crippen LogP contribution in [0.15, 0.2) is 18.2 Å². The van der Waals surface area contributed by atoms with Crippen LogP contribution in [0.1, 0.15) is 12.5 Å². The Morgan fingerprint density at radius 2 is 2.12 bits per heavy atom. The maximum Gasteiger partial charge on any atom is 0.130 e. The fourth-order valence-corrected chi connectivity index (χ4v) is 2.22. The summed E-state index contributed by atoms with van der Waals surface area (Å²) in [4.78, 5) is 0. The largest absolute Gasteiger partial charge is 0.388 e. The highest BCUT2D eigenvalue weighted by atomic mass is 32.2. The van der Waals surface area contributed by atoms with E-state index in [2.05, 4.69) is 5.32 Å². The molecule has 1 aromatic carbocycles. The highest BCUT2D eigenvalue weighted by Crippen LogP contribution is 2.11. The molecule has 96 valence electrons. The summed E-state index contributed by atoms with van der Waals surface area (Å²) in [7, 11) is 0. The van der Waals surface area contributed by atoms with Crippen LogP contribution in [0.4, 0.5) is 8.78 Å². The van der Waals surface area contributed by atoms with Crippen molar-refractivity contribution in [1.29, 1.82) is 0 Å². The summed E-state index contributed by atoms with van der Waals surface area (Å²) >= 11 is 1.55. The molecule has 0 aliphatic rings. The van der Waals surface area contributed by atoms with Crippen molar-refractivity contribution in [2.75, 3.05) is 18.6 Å². The minimum Gasteiger partial charge on any atom is -0.388 e. The van der Waals surface area contributed by atoms with E-state index in [0.29, 0.717) is 17.9 Å². The van der Waals surface area contributed by atoms with E-state index in [9.17, 15) is 13.9 Å². The Morgan fingerprint density at radius 3 is 2.71 bits per heavy atom. The lowest BCUT2D eigenvalue weighted by Gasteiger charge is -2.22. The van der Waals surface area contributed by atoms with E-state index in [1.54, 1.807) is 18.7 Å². The number of hydrogen-bond acceptors (Lipinski definition) is 3. The predicted molar refractivity (Wildman–Crippen MR) is 67.1 cm³/mol. The lowest BCUT2D eigenvalue weighted by atomic mass is 10.1. The summed E-state index contributed by atoms with van der Waals surface area (Å²) in [6.07, 6.45) is 1.91. The summed E-state index contributed by atoms with van der Waals surface area (Å²) in [6.45, 7) is 2.36. The zero-order valence-electron chi connectivity index (χ0n) is 9.96. The van der Waals surface area contributed by atoms with Gasteiger partial charge < -0.3 is 10.4 Å². The van der Waals surface area contributed by atoms with Gasteiger partial charge in [-0.25, -0.2) is 8.78 Å². The molecule has 0 radical (unpaired) electrons. The van der Waals surface area contributed by atoms with E-state index in [0.717, 1.165) is 6.07 Å². The minimum atomic E-state index is -0.823. The fourth-order valence-electron chi connectivity index (χ4n) is 1.49. The molecule has 0 fully saturated rings. The molecule has 1 rings (SSSR count). The average molecular weight is 261 g/mol. The van der Waals surface area contributed by atoms with Crippen molar-refractivity contribution >= 4 is 11.8 Å². The monoisotopic (exact) mass is 261 g/mol. The average Bonchev–Trinajstić information content (AvgIpc) is 2.21. The number of hydrogen-bond donors (Lipinski definition) is 2. The standard InChI is InChI=1S/C12H17F2NOS/c1-12(16,8-17-2)7-15-6-9-3-4-10(13)5-11(9)14/h3-5,15-16H,6-8H2,1-2H3. The molecule has 1 unspecified atom stereocenters. The quantitative estimate of drug-likeness (QED) is 0.823. The number of benzene rings is 1. The third-order valence-corrected chi connectivity index (χ3v) is 3.20. The number of rotatable bonds is 6. The van der Waals surface area contributed by atoms with Gasteiger partial charge in [0.1, 0.15) is 11.6 Å². The molecule has 1 atom stereocenters. The van der Waals surface area contributed by atoms with E-state index in [4.69, 9.17) is 0 Å². The minimum absolute atomic E-state index is 0.274. The van der Waals surface area contributed by atoms with Crippen LogP contribution in [0.3, 0.4) is 0 Å².